The first-order chi connectivity index (χ1) is 10.4. The zero-order valence-corrected chi connectivity index (χ0v) is 13.3. The number of nitrogens with zero attached hydrogens (tertiary/aromatic N) is 2. The molecule has 1 heterocycles. The molecule has 0 atom stereocenters. The highest BCUT2D eigenvalue weighted by molar-refractivity contribution is 6.33. The minimum atomic E-state index is -0.689. The lowest BCUT2D eigenvalue weighted by atomic mass is 10.2. The van der Waals surface area contributed by atoms with Gasteiger partial charge in [0.25, 0.3) is 0 Å². The average Bonchev–Trinajstić information content (AvgIpc) is 2.46. The van der Waals surface area contributed by atoms with Crippen molar-refractivity contribution < 1.29 is 23.9 Å². The molecule has 1 aromatic rings. The smallest absolute Gasteiger partial charge is 0.343 e. The largest absolute Gasteiger partial charge is 0.466 e. The second-order valence-electron chi connectivity index (χ2n) is 4.15. The Kier molecular flexibility index (Phi) is 6.78. The molecule has 1 amide bonds. The van der Waals surface area contributed by atoms with Crippen molar-refractivity contribution in [3.63, 3.8) is 0 Å². The Hall–Kier alpha value is -2.15. The van der Waals surface area contributed by atoms with Crippen molar-refractivity contribution in [2.24, 2.45) is 0 Å². The maximum absolute atomic E-state index is 12.1. The van der Waals surface area contributed by atoms with Gasteiger partial charge in [0, 0.05) is 13.2 Å². The van der Waals surface area contributed by atoms with Gasteiger partial charge in [-0.2, -0.15) is 0 Å². The summed E-state index contributed by atoms with van der Waals surface area (Å²) in [5.41, 5.74) is 0.193. The quantitative estimate of drug-likeness (QED) is 0.450. The van der Waals surface area contributed by atoms with E-state index in [-0.39, 0.29) is 29.6 Å². The Morgan fingerprint density at radius 2 is 1.86 bits per heavy atom. The molecule has 0 N–H and O–H groups in total. The molecule has 1 rings (SSSR count). The number of rotatable bonds is 6. The molecule has 0 saturated heterocycles. The molecule has 7 nitrogen and oxygen atoms in total. The van der Waals surface area contributed by atoms with E-state index in [0.717, 1.165) is 4.90 Å². The number of carbonyl (C=O) groups is 3. The number of halogens is 1. The molecule has 0 spiro atoms. The Morgan fingerprint density at radius 3 is 2.45 bits per heavy atom. The molecule has 0 aliphatic carbocycles. The molecule has 0 unspecified atom stereocenters. The Bertz CT molecular complexity index is 576. The molecule has 0 saturated carbocycles. The summed E-state index contributed by atoms with van der Waals surface area (Å²) in [5.74, 6) is -1.87. The van der Waals surface area contributed by atoms with Gasteiger partial charge in [-0.1, -0.05) is 11.6 Å². The van der Waals surface area contributed by atoms with Crippen molar-refractivity contribution in [1.29, 1.82) is 0 Å². The number of pyridine rings is 1. The van der Waals surface area contributed by atoms with Gasteiger partial charge >= 0.3 is 11.9 Å². The van der Waals surface area contributed by atoms with Crippen LogP contribution < -0.4 is 4.90 Å². The average molecular weight is 329 g/mol. The molecule has 0 aliphatic rings. The topological polar surface area (TPSA) is 85.8 Å². The number of ether oxygens (including phenoxy) is 2. The van der Waals surface area contributed by atoms with Crippen molar-refractivity contribution in [2.45, 2.75) is 20.3 Å². The van der Waals surface area contributed by atoms with E-state index in [1.165, 1.54) is 19.3 Å². The van der Waals surface area contributed by atoms with Crippen molar-refractivity contribution in [3.8, 4) is 0 Å². The van der Waals surface area contributed by atoms with Crippen molar-refractivity contribution in [1.82, 2.24) is 4.98 Å². The first kappa shape index (κ1) is 17.9. The summed E-state index contributed by atoms with van der Waals surface area (Å²) in [6, 6.07) is 1.45. The molecule has 1 aromatic heterocycles. The van der Waals surface area contributed by atoms with Crippen molar-refractivity contribution in [3.05, 3.63) is 23.0 Å². The zero-order valence-electron chi connectivity index (χ0n) is 12.6. The van der Waals surface area contributed by atoms with Gasteiger partial charge in [0.05, 0.1) is 18.9 Å². The van der Waals surface area contributed by atoms with Crippen LogP contribution in [0.25, 0.3) is 0 Å². The summed E-state index contributed by atoms with van der Waals surface area (Å²) >= 11 is 5.92. The number of anilines is 1. The molecule has 0 aliphatic heterocycles. The van der Waals surface area contributed by atoms with E-state index in [2.05, 4.69) is 4.98 Å². The number of amides is 1. The standard InChI is InChI=1S/C14H17ClN2O5/c1-4-21-11(19)8-10(18)17(3)9-6-7-16-13(15)12(9)14(20)22-5-2/h6-7H,4-5,8H2,1-3H3. The summed E-state index contributed by atoms with van der Waals surface area (Å²) in [6.45, 7) is 3.64. The van der Waals surface area contributed by atoms with E-state index in [1.54, 1.807) is 13.8 Å². The Labute approximate surface area is 133 Å². The lowest BCUT2D eigenvalue weighted by Gasteiger charge is -2.20. The van der Waals surface area contributed by atoms with Gasteiger partial charge in [0.2, 0.25) is 5.91 Å². The highest BCUT2D eigenvalue weighted by atomic mass is 35.5. The minimum Gasteiger partial charge on any atom is -0.466 e. The van der Waals surface area contributed by atoms with E-state index in [9.17, 15) is 14.4 Å². The van der Waals surface area contributed by atoms with E-state index in [4.69, 9.17) is 21.1 Å². The SMILES string of the molecule is CCOC(=O)CC(=O)N(C)c1ccnc(Cl)c1C(=O)OCC. The highest BCUT2D eigenvalue weighted by Gasteiger charge is 2.24. The van der Waals surface area contributed by atoms with Crippen LogP contribution in [0.4, 0.5) is 5.69 Å². The third kappa shape index (κ3) is 4.42. The maximum atomic E-state index is 12.1. The minimum absolute atomic E-state index is 0.0225. The van der Waals surface area contributed by atoms with E-state index < -0.39 is 24.3 Å². The van der Waals surface area contributed by atoms with Gasteiger partial charge in [-0.3, -0.25) is 9.59 Å². The fourth-order valence-corrected chi connectivity index (χ4v) is 1.92. The van der Waals surface area contributed by atoms with Crippen LogP contribution in [0.15, 0.2) is 12.3 Å². The lowest BCUT2D eigenvalue weighted by molar-refractivity contribution is -0.145. The van der Waals surface area contributed by atoms with Crippen LogP contribution in [0.2, 0.25) is 5.15 Å². The van der Waals surface area contributed by atoms with Crippen molar-refractivity contribution >= 4 is 35.1 Å². The lowest BCUT2D eigenvalue weighted by Crippen LogP contribution is -2.30. The van der Waals surface area contributed by atoms with E-state index >= 15 is 0 Å². The summed E-state index contributed by atoms with van der Waals surface area (Å²) in [7, 11) is 1.43. The van der Waals surface area contributed by atoms with E-state index in [1.807, 2.05) is 0 Å². The van der Waals surface area contributed by atoms with Gasteiger partial charge in [-0.15, -0.1) is 0 Å². The van der Waals surface area contributed by atoms with Gasteiger partial charge < -0.3 is 14.4 Å². The van der Waals surface area contributed by atoms with Crippen LogP contribution in [0.5, 0.6) is 0 Å². The first-order valence-corrected chi connectivity index (χ1v) is 7.03. The zero-order chi connectivity index (χ0) is 16.7. The van der Waals surface area contributed by atoms with Crippen LogP contribution in [0.1, 0.15) is 30.6 Å². The fourth-order valence-electron chi connectivity index (χ4n) is 1.69. The van der Waals surface area contributed by atoms with Gasteiger partial charge in [-0.25, -0.2) is 9.78 Å². The highest BCUT2D eigenvalue weighted by Crippen LogP contribution is 2.26. The first-order valence-electron chi connectivity index (χ1n) is 6.66. The van der Waals surface area contributed by atoms with Crippen LogP contribution in [0, 0.1) is 0 Å². The van der Waals surface area contributed by atoms with Crippen LogP contribution in [-0.4, -0.2) is 43.1 Å². The molecular formula is C14H17ClN2O5. The summed E-state index contributed by atoms with van der Waals surface area (Å²) in [5, 5.41) is -0.0771. The second-order valence-corrected chi connectivity index (χ2v) is 4.51. The number of hydrogen-bond donors (Lipinski definition) is 0. The number of aromatic nitrogens is 1. The van der Waals surface area contributed by atoms with Crippen molar-refractivity contribution in [2.75, 3.05) is 25.2 Å². The molecular weight excluding hydrogens is 312 g/mol. The monoisotopic (exact) mass is 328 g/mol. The molecule has 120 valence electrons. The number of esters is 2. The third-order valence-corrected chi connectivity index (χ3v) is 2.99. The Morgan fingerprint density at radius 1 is 1.23 bits per heavy atom. The molecule has 0 aromatic carbocycles. The predicted molar refractivity (Wildman–Crippen MR) is 79.9 cm³/mol. The van der Waals surface area contributed by atoms with Crippen LogP contribution in [-0.2, 0) is 19.1 Å². The molecule has 0 radical (unpaired) electrons. The summed E-state index contributed by atoms with van der Waals surface area (Å²) in [4.78, 5) is 40.4. The maximum Gasteiger partial charge on any atom is 0.343 e. The fraction of sp³-hybridized carbons (Fsp3) is 0.429. The van der Waals surface area contributed by atoms with Crippen LogP contribution >= 0.6 is 11.6 Å². The van der Waals surface area contributed by atoms with Crippen LogP contribution in [0.3, 0.4) is 0 Å². The van der Waals surface area contributed by atoms with Gasteiger partial charge in [0.15, 0.2) is 0 Å². The molecule has 8 heteroatoms. The molecule has 0 fully saturated rings. The second kappa shape index (κ2) is 8.33. The molecule has 22 heavy (non-hydrogen) atoms. The Balaban J connectivity index is 3.05. The summed E-state index contributed by atoms with van der Waals surface area (Å²) < 4.78 is 9.63. The van der Waals surface area contributed by atoms with Gasteiger partial charge in [-0.05, 0) is 19.9 Å². The number of carbonyl (C=O) groups excluding carboxylic acids is 3. The third-order valence-electron chi connectivity index (χ3n) is 2.70. The summed E-state index contributed by atoms with van der Waals surface area (Å²) in [6.07, 6.45) is 0.918. The van der Waals surface area contributed by atoms with Gasteiger partial charge in [0.1, 0.15) is 17.1 Å². The normalized spacial score (nSPS) is 10.0. The van der Waals surface area contributed by atoms with E-state index in [0.29, 0.717) is 0 Å². The molecule has 0 bridgehead atoms. The number of hydrogen-bond acceptors (Lipinski definition) is 6. The predicted octanol–water partition coefficient (Wildman–Crippen LogP) is 1.83.